The fourth-order valence-corrected chi connectivity index (χ4v) is 1.53. The summed E-state index contributed by atoms with van der Waals surface area (Å²) in [7, 11) is 0. The number of hydrogen-bond acceptors (Lipinski definition) is 2. The van der Waals surface area contributed by atoms with Gasteiger partial charge < -0.3 is 0 Å². The summed E-state index contributed by atoms with van der Waals surface area (Å²) in [6, 6.07) is 0. The van der Waals surface area contributed by atoms with Crippen LogP contribution >= 0.6 is 31.9 Å². The number of aromatic nitrogens is 2. The van der Waals surface area contributed by atoms with Gasteiger partial charge in [0, 0.05) is 17.4 Å². The van der Waals surface area contributed by atoms with E-state index in [-0.39, 0.29) is 0 Å². The van der Waals surface area contributed by atoms with Crippen molar-refractivity contribution in [3.8, 4) is 0 Å². The molecular weight excluding hydrogens is 284 g/mol. The standard InChI is InChI=1S/C8H10Br2N2/c1-2-6(9)3-8-7(10)4-11-5-12-8/h4-6H,2-3H2,1H3. The average molecular weight is 294 g/mol. The molecule has 0 bridgehead atoms. The fraction of sp³-hybridized carbons (Fsp3) is 0.500. The summed E-state index contributed by atoms with van der Waals surface area (Å²) >= 11 is 6.97. The molecule has 0 spiro atoms. The molecule has 0 aliphatic heterocycles. The van der Waals surface area contributed by atoms with Crippen molar-refractivity contribution in [1.29, 1.82) is 0 Å². The zero-order chi connectivity index (χ0) is 8.97. The van der Waals surface area contributed by atoms with Crippen molar-refractivity contribution in [3.05, 3.63) is 22.7 Å². The molecule has 1 unspecified atom stereocenters. The summed E-state index contributed by atoms with van der Waals surface area (Å²) in [5.41, 5.74) is 1.06. The molecule has 1 aromatic heterocycles. The monoisotopic (exact) mass is 292 g/mol. The van der Waals surface area contributed by atoms with E-state index in [4.69, 9.17) is 0 Å². The highest BCUT2D eigenvalue weighted by atomic mass is 79.9. The van der Waals surface area contributed by atoms with Crippen molar-refractivity contribution in [2.75, 3.05) is 0 Å². The van der Waals surface area contributed by atoms with Crippen molar-refractivity contribution >= 4 is 31.9 Å². The highest BCUT2D eigenvalue weighted by Crippen LogP contribution is 2.17. The zero-order valence-corrected chi connectivity index (χ0v) is 9.97. The topological polar surface area (TPSA) is 25.8 Å². The molecule has 0 aliphatic rings. The molecule has 0 saturated carbocycles. The molecule has 0 saturated heterocycles. The van der Waals surface area contributed by atoms with Gasteiger partial charge in [-0.3, -0.25) is 0 Å². The molecule has 0 fully saturated rings. The summed E-state index contributed by atoms with van der Waals surface area (Å²) < 4.78 is 0.989. The quantitative estimate of drug-likeness (QED) is 0.801. The van der Waals surface area contributed by atoms with Gasteiger partial charge in [0.25, 0.3) is 0 Å². The summed E-state index contributed by atoms with van der Waals surface area (Å²) in [6.45, 7) is 2.15. The van der Waals surface area contributed by atoms with Crippen molar-refractivity contribution in [1.82, 2.24) is 9.97 Å². The Morgan fingerprint density at radius 3 is 2.92 bits per heavy atom. The smallest absolute Gasteiger partial charge is 0.115 e. The molecule has 1 aromatic rings. The molecule has 0 aliphatic carbocycles. The third-order valence-electron chi connectivity index (χ3n) is 1.60. The van der Waals surface area contributed by atoms with Gasteiger partial charge in [-0.1, -0.05) is 22.9 Å². The van der Waals surface area contributed by atoms with Gasteiger partial charge in [0.05, 0.1) is 10.2 Å². The first-order chi connectivity index (χ1) is 5.74. The van der Waals surface area contributed by atoms with E-state index >= 15 is 0 Å². The van der Waals surface area contributed by atoms with Gasteiger partial charge in [-0.2, -0.15) is 0 Å². The molecule has 1 heterocycles. The Morgan fingerprint density at radius 2 is 2.33 bits per heavy atom. The van der Waals surface area contributed by atoms with Gasteiger partial charge in [-0.05, 0) is 22.4 Å². The van der Waals surface area contributed by atoms with Crippen LogP contribution in [0, 0.1) is 0 Å². The molecule has 4 heteroatoms. The highest BCUT2D eigenvalue weighted by Gasteiger charge is 2.06. The number of nitrogens with zero attached hydrogens (tertiary/aromatic N) is 2. The summed E-state index contributed by atoms with van der Waals surface area (Å²) in [5, 5.41) is 0. The van der Waals surface area contributed by atoms with Crippen LogP contribution in [0.25, 0.3) is 0 Å². The normalized spacial score (nSPS) is 12.9. The molecule has 1 rings (SSSR count). The lowest BCUT2D eigenvalue weighted by molar-refractivity contribution is 0.800. The minimum atomic E-state index is 0.503. The number of hydrogen-bond donors (Lipinski definition) is 0. The molecule has 0 radical (unpaired) electrons. The van der Waals surface area contributed by atoms with Crippen LogP contribution in [0.5, 0.6) is 0 Å². The van der Waals surface area contributed by atoms with Gasteiger partial charge >= 0.3 is 0 Å². The van der Waals surface area contributed by atoms with Gasteiger partial charge in [-0.15, -0.1) is 0 Å². The van der Waals surface area contributed by atoms with E-state index in [2.05, 4.69) is 48.8 Å². The molecule has 2 nitrogen and oxygen atoms in total. The Balaban J connectivity index is 2.69. The lowest BCUT2D eigenvalue weighted by Crippen LogP contribution is -2.03. The molecule has 0 amide bonds. The second-order valence-corrected chi connectivity index (χ2v) is 4.68. The average Bonchev–Trinajstić information content (AvgIpc) is 2.09. The highest BCUT2D eigenvalue weighted by molar-refractivity contribution is 9.10. The minimum Gasteiger partial charge on any atom is -0.244 e. The Hall–Kier alpha value is 0.0400. The van der Waals surface area contributed by atoms with Crippen LogP contribution in [-0.4, -0.2) is 14.8 Å². The number of rotatable bonds is 3. The summed E-state index contributed by atoms with van der Waals surface area (Å²) in [6.07, 6.45) is 5.41. The molecular formula is C8H10Br2N2. The Kier molecular flexibility index (Phi) is 4.15. The SMILES string of the molecule is CCC(Br)Cc1ncncc1Br. The first-order valence-electron chi connectivity index (χ1n) is 3.82. The van der Waals surface area contributed by atoms with Crippen LogP contribution < -0.4 is 0 Å². The largest absolute Gasteiger partial charge is 0.244 e. The first-order valence-corrected chi connectivity index (χ1v) is 5.53. The van der Waals surface area contributed by atoms with E-state index in [1.165, 1.54) is 0 Å². The van der Waals surface area contributed by atoms with Crippen molar-refractivity contribution in [2.45, 2.75) is 24.6 Å². The van der Waals surface area contributed by atoms with Gasteiger partial charge in [-0.25, -0.2) is 9.97 Å². The second-order valence-electron chi connectivity index (χ2n) is 2.53. The Labute approximate surface area is 89.1 Å². The maximum atomic E-state index is 4.18. The maximum Gasteiger partial charge on any atom is 0.115 e. The summed E-state index contributed by atoms with van der Waals surface area (Å²) in [4.78, 5) is 8.59. The van der Waals surface area contributed by atoms with Crippen LogP contribution in [0.3, 0.4) is 0 Å². The Morgan fingerprint density at radius 1 is 1.58 bits per heavy atom. The third-order valence-corrected chi connectivity index (χ3v) is 3.24. The lowest BCUT2D eigenvalue weighted by atomic mass is 10.2. The van der Waals surface area contributed by atoms with E-state index in [0.717, 1.165) is 23.0 Å². The van der Waals surface area contributed by atoms with Crippen LogP contribution in [-0.2, 0) is 6.42 Å². The fourth-order valence-electron chi connectivity index (χ4n) is 0.842. The number of halogens is 2. The summed E-state index contributed by atoms with van der Waals surface area (Å²) in [5.74, 6) is 0. The zero-order valence-electron chi connectivity index (χ0n) is 6.80. The van der Waals surface area contributed by atoms with Crippen molar-refractivity contribution in [3.63, 3.8) is 0 Å². The molecule has 66 valence electrons. The molecule has 0 aromatic carbocycles. The molecule has 0 N–H and O–H groups in total. The van der Waals surface area contributed by atoms with Crippen LogP contribution in [0.1, 0.15) is 19.0 Å². The lowest BCUT2D eigenvalue weighted by Gasteiger charge is -2.06. The first kappa shape index (κ1) is 10.1. The van der Waals surface area contributed by atoms with E-state index in [9.17, 15) is 0 Å². The van der Waals surface area contributed by atoms with Crippen LogP contribution in [0.15, 0.2) is 17.0 Å². The van der Waals surface area contributed by atoms with Crippen LogP contribution in [0.2, 0.25) is 0 Å². The predicted octanol–water partition coefficient (Wildman–Crippen LogP) is 2.96. The van der Waals surface area contributed by atoms with E-state index < -0.39 is 0 Å². The predicted molar refractivity (Wildman–Crippen MR) is 56.4 cm³/mol. The molecule has 1 atom stereocenters. The van der Waals surface area contributed by atoms with Gasteiger partial charge in [0.1, 0.15) is 6.33 Å². The van der Waals surface area contributed by atoms with Crippen molar-refractivity contribution in [2.24, 2.45) is 0 Å². The van der Waals surface area contributed by atoms with E-state index in [1.54, 1.807) is 12.5 Å². The van der Waals surface area contributed by atoms with Crippen molar-refractivity contribution < 1.29 is 0 Å². The third kappa shape index (κ3) is 2.83. The maximum absolute atomic E-state index is 4.18. The van der Waals surface area contributed by atoms with Gasteiger partial charge in [0.2, 0.25) is 0 Å². The van der Waals surface area contributed by atoms with E-state index in [1.807, 2.05) is 0 Å². The minimum absolute atomic E-state index is 0.503. The Bertz CT molecular complexity index is 253. The second kappa shape index (κ2) is 4.92. The van der Waals surface area contributed by atoms with Crippen LogP contribution in [0.4, 0.5) is 0 Å². The van der Waals surface area contributed by atoms with E-state index in [0.29, 0.717) is 4.83 Å². The number of alkyl halides is 1. The van der Waals surface area contributed by atoms with Gasteiger partial charge in [0.15, 0.2) is 0 Å². The molecule has 12 heavy (non-hydrogen) atoms.